The Bertz CT molecular complexity index is 2090. The smallest absolute Gasteiger partial charge is 0.135 e. The van der Waals surface area contributed by atoms with Gasteiger partial charge in [-0.2, -0.15) is 0 Å². The first-order valence-electron chi connectivity index (χ1n) is 15.0. The van der Waals surface area contributed by atoms with Gasteiger partial charge in [-0.3, -0.25) is 0 Å². The van der Waals surface area contributed by atoms with Crippen LogP contribution in [0.3, 0.4) is 0 Å². The van der Waals surface area contributed by atoms with Crippen LogP contribution in [0.4, 0.5) is 17.1 Å². The third-order valence-electron chi connectivity index (χ3n) is 8.36. The molecule has 0 spiro atoms. The molecular formula is C41H30N2O. The van der Waals surface area contributed by atoms with Gasteiger partial charge in [0.1, 0.15) is 11.3 Å². The third-order valence-corrected chi connectivity index (χ3v) is 8.36. The summed E-state index contributed by atoms with van der Waals surface area (Å²) < 4.78 is 6.20. The molecule has 0 atom stereocenters. The number of furan rings is 1. The first-order chi connectivity index (χ1) is 21.8. The molecule has 0 radical (unpaired) electrons. The number of para-hydroxylation sites is 1. The van der Waals surface area contributed by atoms with Crippen LogP contribution >= 0.6 is 0 Å². The highest BCUT2D eigenvalue weighted by Gasteiger charge is 2.20. The summed E-state index contributed by atoms with van der Waals surface area (Å²) >= 11 is 0. The van der Waals surface area contributed by atoms with Crippen molar-refractivity contribution in [2.24, 2.45) is 0 Å². The Morgan fingerprint density at radius 1 is 0.523 bits per heavy atom. The topological polar surface area (TPSA) is 28.4 Å². The van der Waals surface area contributed by atoms with E-state index in [1.807, 2.05) is 6.20 Å². The predicted molar refractivity (Wildman–Crippen MR) is 183 cm³/mol. The van der Waals surface area contributed by atoms with Crippen LogP contribution in [0.5, 0.6) is 0 Å². The Balaban J connectivity index is 1.23. The number of rotatable bonds is 6. The van der Waals surface area contributed by atoms with E-state index < -0.39 is 0 Å². The fourth-order valence-electron chi connectivity index (χ4n) is 6.15. The number of nitrogens with one attached hydrogen (secondary N) is 1. The molecular weight excluding hydrogens is 536 g/mol. The lowest BCUT2D eigenvalue weighted by atomic mass is 9.99. The predicted octanol–water partition coefficient (Wildman–Crippen LogP) is 11.0. The molecule has 44 heavy (non-hydrogen) atoms. The van der Waals surface area contributed by atoms with Crippen LogP contribution in [0, 0.1) is 0 Å². The Morgan fingerprint density at radius 3 is 1.80 bits per heavy atom. The van der Waals surface area contributed by atoms with E-state index in [1.165, 1.54) is 33.4 Å². The highest BCUT2D eigenvalue weighted by atomic mass is 16.3. The molecule has 0 amide bonds. The number of hydrogen-bond acceptors (Lipinski definition) is 3. The zero-order valence-electron chi connectivity index (χ0n) is 24.2. The van der Waals surface area contributed by atoms with E-state index in [9.17, 15) is 0 Å². The van der Waals surface area contributed by atoms with E-state index in [0.29, 0.717) is 6.54 Å². The molecule has 0 bridgehead atoms. The van der Waals surface area contributed by atoms with Gasteiger partial charge >= 0.3 is 0 Å². The Hall–Kier alpha value is -5.80. The summed E-state index contributed by atoms with van der Waals surface area (Å²) in [5, 5.41) is 4.38. The largest absolute Gasteiger partial charge is 0.459 e. The van der Waals surface area contributed by atoms with Crippen LogP contribution < -0.4 is 10.2 Å². The lowest BCUT2D eigenvalue weighted by Crippen LogP contribution is -2.11. The summed E-state index contributed by atoms with van der Waals surface area (Å²) in [7, 11) is 0. The van der Waals surface area contributed by atoms with E-state index >= 15 is 0 Å². The Labute approximate surface area is 257 Å². The van der Waals surface area contributed by atoms with Crippen LogP contribution in [0.25, 0.3) is 50.4 Å². The Morgan fingerprint density at radius 2 is 1.09 bits per heavy atom. The molecule has 1 aliphatic heterocycles. The molecule has 1 aliphatic rings. The molecule has 3 heteroatoms. The van der Waals surface area contributed by atoms with Gasteiger partial charge in [-0.15, -0.1) is 0 Å². The minimum atomic E-state index is 0.699. The van der Waals surface area contributed by atoms with Gasteiger partial charge < -0.3 is 14.6 Å². The fourth-order valence-corrected chi connectivity index (χ4v) is 6.15. The van der Waals surface area contributed by atoms with Crippen molar-refractivity contribution in [3.8, 4) is 33.4 Å². The highest BCUT2D eigenvalue weighted by molar-refractivity contribution is 5.95. The summed E-state index contributed by atoms with van der Waals surface area (Å²) in [4.78, 5) is 2.36. The molecule has 0 fully saturated rings. The van der Waals surface area contributed by atoms with Crippen molar-refractivity contribution in [3.05, 3.63) is 169 Å². The van der Waals surface area contributed by atoms with E-state index in [0.717, 1.165) is 39.4 Å². The molecule has 1 N–H and O–H groups in total. The molecule has 8 rings (SSSR count). The average molecular weight is 567 g/mol. The fraction of sp³-hybridized carbons (Fsp3) is 0.0244. The lowest BCUT2D eigenvalue weighted by Gasteiger charge is -2.28. The van der Waals surface area contributed by atoms with Gasteiger partial charge in [-0.25, -0.2) is 0 Å². The first kappa shape index (κ1) is 25.9. The molecule has 210 valence electrons. The second-order valence-electron chi connectivity index (χ2n) is 11.0. The molecule has 6 aromatic carbocycles. The van der Waals surface area contributed by atoms with Gasteiger partial charge in [0.2, 0.25) is 0 Å². The second kappa shape index (κ2) is 11.1. The summed E-state index contributed by atoms with van der Waals surface area (Å²) in [6, 6.07) is 54.0. The summed E-state index contributed by atoms with van der Waals surface area (Å²) in [6.07, 6.45) is 4.10. The zero-order valence-corrected chi connectivity index (χ0v) is 24.2. The zero-order chi connectivity index (χ0) is 29.3. The normalized spacial score (nSPS) is 12.1. The maximum absolute atomic E-state index is 6.20. The van der Waals surface area contributed by atoms with E-state index in [2.05, 4.69) is 168 Å². The van der Waals surface area contributed by atoms with Crippen molar-refractivity contribution in [1.29, 1.82) is 0 Å². The van der Waals surface area contributed by atoms with Gasteiger partial charge in [-0.05, 0) is 76.5 Å². The maximum atomic E-state index is 6.20. The van der Waals surface area contributed by atoms with Crippen LogP contribution in [-0.2, 0) is 6.54 Å². The van der Waals surface area contributed by atoms with Crippen LogP contribution in [0.15, 0.2) is 162 Å². The van der Waals surface area contributed by atoms with E-state index in [4.69, 9.17) is 4.42 Å². The van der Waals surface area contributed by atoms with Crippen LogP contribution in [0.1, 0.15) is 11.3 Å². The highest BCUT2D eigenvalue weighted by Crippen LogP contribution is 2.43. The molecule has 0 aliphatic carbocycles. The van der Waals surface area contributed by atoms with E-state index in [1.54, 1.807) is 0 Å². The monoisotopic (exact) mass is 566 g/mol. The number of anilines is 3. The summed E-state index contributed by atoms with van der Waals surface area (Å²) in [6.45, 7) is 0.699. The van der Waals surface area contributed by atoms with Crippen LogP contribution in [0.2, 0.25) is 0 Å². The second-order valence-corrected chi connectivity index (χ2v) is 11.0. The molecule has 3 nitrogen and oxygen atoms in total. The summed E-state index contributed by atoms with van der Waals surface area (Å²) in [5.41, 5.74) is 12.5. The van der Waals surface area contributed by atoms with Crippen molar-refractivity contribution >= 4 is 34.1 Å². The molecule has 2 heterocycles. The third kappa shape index (κ3) is 4.75. The molecule has 0 unspecified atom stereocenters. The van der Waals surface area contributed by atoms with Crippen molar-refractivity contribution < 1.29 is 4.42 Å². The standard InChI is InChI=1S/C41H30N2O/c1-3-9-29(10-4-1)30-15-17-31(18-16-30)32-19-21-34(22-20-32)43(39-14-8-7-13-36(39)33-11-5-2-6-12-33)35-23-24-40-38(27-35)37-25-26-42-28-41(37)44-40/h1-27,42H,28H2. The van der Waals surface area contributed by atoms with Gasteiger partial charge in [-0.1, -0.05) is 115 Å². The quantitative estimate of drug-likeness (QED) is 0.217. The van der Waals surface area contributed by atoms with Gasteiger partial charge in [0, 0.05) is 27.9 Å². The van der Waals surface area contributed by atoms with Crippen LogP contribution in [-0.4, -0.2) is 0 Å². The molecule has 7 aromatic rings. The lowest BCUT2D eigenvalue weighted by molar-refractivity contribution is 0.532. The van der Waals surface area contributed by atoms with Crippen molar-refractivity contribution in [2.45, 2.75) is 6.54 Å². The molecule has 0 saturated carbocycles. The average Bonchev–Trinajstić information content (AvgIpc) is 3.48. The minimum Gasteiger partial charge on any atom is -0.459 e. The summed E-state index contributed by atoms with van der Waals surface area (Å²) in [5.74, 6) is 0.971. The number of fused-ring (bicyclic) bond motifs is 3. The molecule has 0 saturated heterocycles. The van der Waals surface area contributed by atoms with Crippen molar-refractivity contribution in [2.75, 3.05) is 4.90 Å². The molecule has 1 aromatic heterocycles. The van der Waals surface area contributed by atoms with Crippen molar-refractivity contribution in [3.63, 3.8) is 0 Å². The van der Waals surface area contributed by atoms with Gasteiger partial charge in [0.15, 0.2) is 0 Å². The first-order valence-corrected chi connectivity index (χ1v) is 15.0. The van der Waals surface area contributed by atoms with Gasteiger partial charge in [0.05, 0.1) is 12.2 Å². The Kier molecular flexibility index (Phi) is 6.54. The van der Waals surface area contributed by atoms with E-state index in [-0.39, 0.29) is 0 Å². The maximum Gasteiger partial charge on any atom is 0.135 e. The van der Waals surface area contributed by atoms with Gasteiger partial charge in [0.25, 0.3) is 0 Å². The SMILES string of the molecule is C1=Cc2c(oc3ccc(N(c4ccc(-c5ccc(-c6ccccc6)cc5)cc4)c4ccccc4-c4ccccc4)cc23)CN1. The minimum absolute atomic E-state index is 0.699. The number of hydrogen-bond donors (Lipinski definition) is 1. The van der Waals surface area contributed by atoms with Crippen molar-refractivity contribution in [1.82, 2.24) is 5.32 Å². The number of nitrogens with zero attached hydrogens (tertiary/aromatic N) is 1. The number of benzene rings is 6.